The van der Waals surface area contributed by atoms with Gasteiger partial charge < -0.3 is 24.1 Å². The maximum Gasteiger partial charge on any atom is 0.338 e. The molecule has 4 rings (SSSR count). The Balaban J connectivity index is 1.63. The molecular weight excluding hydrogens is 452 g/mol. The van der Waals surface area contributed by atoms with Crippen LogP contribution in [0.3, 0.4) is 0 Å². The summed E-state index contributed by atoms with van der Waals surface area (Å²) in [6.07, 6.45) is -6.48. The van der Waals surface area contributed by atoms with E-state index in [0.29, 0.717) is 0 Å². The maximum atomic E-state index is 12.9. The van der Waals surface area contributed by atoms with Crippen LogP contribution in [0.2, 0.25) is 0 Å². The molecule has 0 saturated carbocycles. The van der Waals surface area contributed by atoms with Crippen molar-refractivity contribution in [3.63, 3.8) is 0 Å². The molecular formula is C27H24O8. The van der Waals surface area contributed by atoms with Gasteiger partial charge in [0.1, 0.15) is 0 Å². The van der Waals surface area contributed by atoms with Gasteiger partial charge in [-0.3, -0.25) is 0 Å². The highest BCUT2D eigenvalue weighted by Crippen LogP contribution is 2.29. The second-order valence-corrected chi connectivity index (χ2v) is 7.94. The second kappa shape index (κ2) is 10.9. The molecule has 1 aliphatic heterocycles. The van der Waals surface area contributed by atoms with E-state index in [0.717, 1.165) is 0 Å². The maximum absolute atomic E-state index is 12.9. The van der Waals surface area contributed by atoms with E-state index in [2.05, 4.69) is 0 Å². The van der Waals surface area contributed by atoms with Crippen molar-refractivity contribution in [3.05, 3.63) is 108 Å². The predicted molar refractivity (Wildman–Crippen MR) is 123 cm³/mol. The van der Waals surface area contributed by atoms with Crippen LogP contribution in [0.15, 0.2) is 91.0 Å². The number of aliphatic hydroxyl groups is 1. The van der Waals surface area contributed by atoms with Crippen LogP contribution in [0, 0.1) is 0 Å². The summed E-state index contributed by atoms with van der Waals surface area (Å²) in [4.78, 5) is 38.5. The quantitative estimate of drug-likeness (QED) is 0.426. The highest BCUT2D eigenvalue weighted by Gasteiger charge is 2.50. The van der Waals surface area contributed by atoms with Crippen LogP contribution >= 0.6 is 0 Å². The topological polar surface area (TPSA) is 108 Å². The zero-order valence-corrected chi connectivity index (χ0v) is 18.9. The molecule has 3 aromatic rings. The molecule has 0 aromatic heterocycles. The summed E-state index contributed by atoms with van der Waals surface area (Å²) in [7, 11) is 0. The van der Waals surface area contributed by atoms with Crippen molar-refractivity contribution in [1.29, 1.82) is 0 Å². The first kappa shape index (κ1) is 24.1. The van der Waals surface area contributed by atoms with Crippen molar-refractivity contribution in [2.45, 2.75) is 37.6 Å². The van der Waals surface area contributed by atoms with Gasteiger partial charge in [-0.15, -0.1) is 0 Å². The summed E-state index contributed by atoms with van der Waals surface area (Å²) in [5, 5.41) is 10.6. The number of hydrogen-bond donors (Lipinski definition) is 1. The molecule has 8 nitrogen and oxygen atoms in total. The minimum atomic E-state index is -1.63. The van der Waals surface area contributed by atoms with Gasteiger partial charge in [0.05, 0.1) is 22.8 Å². The third-order valence-corrected chi connectivity index (χ3v) is 5.50. The van der Waals surface area contributed by atoms with Gasteiger partial charge in [-0.05, 0) is 43.3 Å². The van der Waals surface area contributed by atoms with Gasteiger partial charge >= 0.3 is 17.9 Å². The van der Waals surface area contributed by atoms with E-state index in [1.54, 1.807) is 97.9 Å². The lowest BCUT2D eigenvalue weighted by atomic mass is 9.98. The minimum Gasteiger partial charge on any atom is -0.452 e. The normalized spacial score (nSPS) is 23.7. The molecule has 1 N–H and O–H groups in total. The molecule has 1 aliphatic rings. The fourth-order valence-electron chi connectivity index (χ4n) is 3.71. The highest BCUT2D eigenvalue weighted by atomic mass is 16.7. The summed E-state index contributed by atoms with van der Waals surface area (Å²) in [6.45, 7) is 1.56. The van der Waals surface area contributed by atoms with Gasteiger partial charge in [-0.2, -0.15) is 0 Å². The van der Waals surface area contributed by atoms with Gasteiger partial charge in [-0.25, -0.2) is 14.4 Å². The molecule has 180 valence electrons. The number of hydrogen-bond acceptors (Lipinski definition) is 8. The van der Waals surface area contributed by atoms with E-state index in [1.165, 1.54) is 0 Å². The first-order valence-electron chi connectivity index (χ1n) is 11.1. The van der Waals surface area contributed by atoms with Crippen molar-refractivity contribution in [1.82, 2.24) is 0 Å². The summed E-state index contributed by atoms with van der Waals surface area (Å²) in [5.41, 5.74) is 0.739. The van der Waals surface area contributed by atoms with Crippen LogP contribution < -0.4 is 0 Å². The number of benzene rings is 3. The molecule has 35 heavy (non-hydrogen) atoms. The summed E-state index contributed by atoms with van der Waals surface area (Å²) < 4.78 is 22.4. The molecule has 0 amide bonds. The molecule has 1 heterocycles. The van der Waals surface area contributed by atoms with Crippen LogP contribution in [0.4, 0.5) is 0 Å². The molecule has 0 aliphatic carbocycles. The molecule has 1 fully saturated rings. The number of ether oxygens (including phenoxy) is 4. The minimum absolute atomic E-state index is 0.226. The molecule has 0 unspecified atom stereocenters. The van der Waals surface area contributed by atoms with Crippen molar-refractivity contribution in [3.8, 4) is 0 Å². The monoisotopic (exact) mass is 476 g/mol. The standard InChI is InChI=1S/C27H24O8/c1-17-21(33-24(28)18-11-5-2-6-12-18)22(34-25(29)19-13-7-3-8-14-19)23(27(31)32-17)35-26(30)20-15-9-4-10-16-20/h2-17,21-23,27,31H,1H3/t17-,21-,22+,23+,27+/m0/s1. The first-order chi connectivity index (χ1) is 16.9. The highest BCUT2D eigenvalue weighted by molar-refractivity contribution is 5.91. The number of rotatable bonds is 6. The van der Waals surface area contributed by atoms with Crippen LogP contribution in [-0.4, -0.2) is 53.7 Å². The van der Waals surface area contributed by atoms with E-state index in [9.17, 15) is 19.5 Å². The Morgan fingerprint density at radius 2 is 0.943 bits per heavy atom. The van der Waals surface area contributed by atoms with E-state index in [1.807, 2.05) is 0 Å². The fraction of sp³-hybridized carbons (Fsp3) is 0.222. The van der Waals surface area contributed by atoms with Gasteiger partial charge in [-0.1, -0.05) is 54.6 Å². The van der Waals surface area contributed by atoms with E-state index in [-0.39, 0.29) is 16.7 Å². The Kier molecular flexibility index (Phi) is 7.54. The molecule has 8 heteroatoms. The van der Waals surface area contributed by atoms with E-state index >= 15 is 0 Å². The van der Waals surface area contributed by atoms with Crippen LogP contribution in [0.1, 0.15) is 38.0 Å². The average molecular weight is 476 g/mol. The number of esters is 3. The summed E-state index contributed by atoms with van der Waals surface area (Å²) in [5.74, 6) is -2.18. The Hall–Kier alpha value is -4.01. The molecule has 0 bridgehead atoms. The largest absolute Gasteiger partial charge is 0.452 e. The van der Waals surface area contributed by atoms with Crippen molar-refractivity contribution >= 4 is 17.9 Å². The lowest BCUT2D eigenvalue weighted by Gasteiger charge is -2.42. The van der Waals surface area contributed by atoms with Crippen LogP contribution in [0.25, 0.3) is 0 Å². The van der Waals surface area contributed by atoms with Gasteiger partial charge in [0.15, 0.2) is 24.6 Å². The summed E-state index contributed by atoms with van der Waals surface area (Å²) in [6, 6.07) is 24.6. The Labute approximate surface area is 202 Å². The second-order valence-electron chi connectivity index (χ2n) is 7.94. The average Bonchev–Trinajstić information content (AvgIpc) is 2.89. The Bertz CT molecular complexity index is 1080. The smallest absolute Gasteiger partial charge is 0.338 e. The zero-order valence-electron chi connectivity index (χ0n) is 18.9. The molecule has 5 atom stereocenters. The Morgan fingerprint density at radius 3 is 1.34 bits per heavy atom. The van der Waals surface area contributed by atoms with Gasteiger partial charge in [0.2, 0.25) is 0 Å². The van der Waals surface area contributed by atoms with E-state index in [4.69, 9.17) is 18.9 Å². The van der Waals surface area contributed by atoms with Crippen molar-refractivity contribution in [2.75, 3.05) is 0 Å². The van der Waals surface area contributed by atoms with Gasteiger partial charge in [0.25, 0.3) is 0 Å². The number of carbonyl (C=O) groups excluding carboxylic acids is 3. The number of carbonyl (C=O) groups is 3. The first-order valence-corrected chi connectivity index (χ1v) is 11.1. The lowest BCUT2D eigenvalue weighted by molar-refractivity contribution is -0.275. The number of aliphatic hydroxyl groups excluding tert-OH is 1. The SMILES string of the molecule is C[C@@H]1O[C@@H](O)[C@H](OC(=O)c2ccccc2)[C@H](OC(=O)c2ccccc2)[C@H]1OC(=O)c1ccccc1. The molecule has 1 saturated heterocycles. The predicted octanol–water partition coefficient (Wildman–Crippen LogP) is 3.40. The van der Waals surface area contributed by atoms with E-state index < -0.39 is 48.6 Å². The van der Waals surface area contributed by atoms with Crippen LogP contribution in [0.5, 0.6) is 0 Å². The molecule has 0 radical (unpaired) electrons. The van der Waals surface area contributed by atoms with Crippen LogP contribution in [-0.2, 0) is 18.9 Å². The fourth-order valence-corrected chi connectivity index (χ4v) is 3.71. The van der Waals surface area contributed by atoms with Crippen molar-refractivity contribution < 1.29 is 38.4 Å². The van der Waals surface area contributed by atoms with Crippen molar-refractivity contribution in [2.24, 2.45) is 0 Å². The zero-order chi connectivity index (χ0) is 24.8. The third kappa shape index (κ3) is 5.74. The Morgan fingerprint density at radius 1 is 0.600 bits per heavy atom. The molecule has 0 spiro atoms. The lowest BCUT2D eigenvalue weighted by Crippen LogP contribution is -2.60. The van der Waals surface area contributed by atoms with Gasteiger partial charge in [0, 0.05) is 0 Å². The third-order valence-electron chi connectivity index (χ3n) is 5.50. The molecule has 3 aromatic carbocycles. The summed E-state index contributed by atoms with van der Waals surface area (Å²) >= 11 is 0.